The first-order chi connectivity index (χ1) is 15.5. The molecule has 1 aliphatic carbocycles. The zero-order valence-corrected chi connectivity index (χ0v) is 20.4. The minimum atomic E-state index is -0.317. The second kappa shape index (κ2) is 9.44. The lowest BCUT2D eigenvalue weighted by molar-refractivity contribution is -0.134. The first-order valence-electron chi connectivity index (χ1n) is 11.7. The van der Waals surface area contributed by atoms with E-state index in [2.05, 4.69) is 6.92 Å². The van der Waals surface area contributed by atoms with E-state index in [4.69, 9.17) is 14.5 Å². The van der Waals surface area contributed by atoms with Gasteiger partial charge >= 0.3 is 0 Å². The second-order valence-electron chi connectivity index (χ2n) is 9.17. The number of hydrogen-bond donors (Lipinski definition) is 0. The number of rotatable bonds is 5. The fraction of sp³-hybridized carbons (Fsp3) is 0.696. The van der Waals surface area contributed by atoms with E-state index < -0.39 is 0 Å². The third-order valence-corrected chi connectivity index (χ3v) is 8.97. The molecule has 32 heavy (non-hydrogen) atoms. The summed E-state index contributed by atoms with van der Waals surface area (Å²) in [7, 11) is 0. The topological polar surface area (TPSA) is 73.7 Å². The van der Waals surface area contributed by atoms with Gasteiger partial charge in [0.05, 0.1) is 36.5 Å². The van der Waals surface area contributed by atoms with E-state index in [0.29, 0.717) is 43.9 Å². The Morgan fingerprint density at radius 3 is 2.84 bits per heavy atom. The number of carbonyl (C=O) groups excluding carboxylic acids is 1. The SMILES string of the molecule is CC1CCc2c(sc3nc(SC(C)C(=O)N4CCOCC4)n(CC4CCCO4)c(=O)c23)C1. The van der Waals surface area contributed by atoms with Crippen molar-refractivity contribution in [3.63, 3.8) is 0 Å². The summed E-state index contributed by atoms with van der Waals surface area (Å²) in [6.07, 6.45) is 5.10. The van der Waals surface area contributed by atoms with Gasteiger partial charge in [-0.1, -0.05) is 18.7 Å². The van der Waals surface area contributed by atoms with Crippen molar-refractivity contribution in [2.75, 3.05) is 32.9 Å². The number of morpholine rings is 1. The van der Waals surface area contributed by atoms with Gasteiger partial charge in [-0.25, -0.2) is 4.98 Å². The van der Waals surface area contributed by atoms with Crippen molar-refractivity contribution < 1.29 is 14.3 Å². The molecule has 4 heterocycles. The number of fused-ring (bicyclic) bond motifs is 3. The monoisotopic (exact) mass is 477 g/mol. The molecule has 1 amide bonds. The summed E-state index contributed by atoms with van der Waals surface area (Å²) in [4.78, 5) is 35.7. The highest BCUT2D eigenvalue weighted by molar-refractivity contribution is 8.00. The minimum Gasteiger partial charge on any atom is -0.378 e. The van der Waals surface area contributed by atoms with Gasteiger partial charge in [0.2, 0.25) is 5.91 Å². The molecule has 0 bridgehead atoms. The van der Waals surface area contributed by atoms with Crippen LogP contribution >= 0.6 is 23.1 Å². The van der Waals surface area contributed by atoms with Crippen molar-refractivity contribution in [2.45, 2.75) is 69.0 Å². The van der Waals surface area contributed by atoms with E-state index in [9.17, 15) is 9.59 Å². The molecule has 0 N–H and O–H groups in total. The van der Waals surface area contributed by atoms with Gasteiger partial charge in [-0.2, -0.15) is 0 Å². The van der Waals surface area contributed by atoms with Gasteiger partial charge < -0.3 is 14.4 Å². The molecule has 0 aromatic carbocycles. The third kappa shape index (κ3) is 4.36. The van der Waals surface area contributed by atoms with E-state index in [1.807, 2.05) is 11.8 Å². The van der Waals surface area contributed by atoms with Crippen LogP contribution in [0, 0.1) is 5.92 Å². The zero-order valence-electron chi connectivity index (χ0n) is 18.8. The summed E-state index contributed by atoms with van der Waals surface area (Å²) in [5.41, 5.74) is 1.24. The average Bonchev–Trinajstić information content (AvgIpc) is 3.43. The first-order valence-corrected chi connectivity index (χ1v) is 13.4. The maximum Gasteiger partial charge on any atom is 0.263 e. The molecule has 9 heteroatoms. The number of nitrogens with zero attached hydrogens (tertiary/aromatic N) is 3. The number of aryl methyl sites for hydroxylation is 1. The Hall–Kier alpha value is -1.42. The van der Waals surface area contributed by atoms with Crippen LogP contribution in [0.15, 0.2) is 9.95 Å². The molecule has 2 fully saturated rings. The molecule has 0 spiro atoms. The summed E-state index contributed by atoms with van der Waals surface area (Å²) in [6.45, 7) is 7.84. The van der Waals surface area contributed by atoms with Crippen LogP contribution in [-0.4, -0.2) is 64.6 Å². The Balaban J connectivity index is 1.50. The lowest BCUT2D eigenvalue weighted by Crippen LogP contribution is -2.44. The van der Waals surface area contributed by atoms with Crippen LogP contribution in [-0.2, 0) is 33.7 Å². The van der Waals surface area contributed by atoms with Crippen LogP contribution in [0.4, 0.5) is 0 Å². The van der Waals surface area contributed by atoms with E-state index in [-0.39, 0.29) is 22.8 Å². The zero-order chi connectivity index (χ0) is 22.2. The average molecular weight is 478 g/mol. The summed E-state index contributed by atoms with van der Waals surface area (Å²) in [6, 6.07) is 0. The van der Waals surface area contributed by atoms with Crippen LogP contribution in [0.2, 0.25) is 0 Å². The molecule has 3 aliphatic rings. The Kier molecular flexibility index (Phi) is 6.60. The predicted octanol–water partition coefficient (Wildman–Crippen LogP) is 3.10. The molecule has 2 saturated heterocycles. The van der Waals surface area contributed by atoms with Crippen molar-refractivity contribution in [2.24, 2.45) is 5.92 Å². The smallest absolute Gasteiger partial charge is 0.263 e. The quantitative estimate of drug-likeness (QED) is 0.487. The Morgan fingerprint density at radius 2 is 2.09 bits per heavy atom. The number of ether oxygens (including phenoxy) is 2. The molecule has 174 valence electrons. The van der Waals surface area contributed by atoms with Gasteiger partial charge in [0.25, 0.3) is 5.56 Å². The summed E-state index contributed by atoms with van der Waals surface area (Å²) in [5, 5.41) is 1.12. The molecule has 0 radical (unpaired) electrons. The molecule has 7 nitrogen and oxygen atoms in total. The molecular formula is C23H31N3O4S2. The molecule has 2 aromatic rings. The lowest BCUT2D eigenvalue weighted by Gasteiger charge is -2.29. The van der Waals surface area contributed by atoms with Gasteiger partial charge in [0.1, 0.15) is 4.83 Å². The number of carbonyl (C=O) groups is 1. The van der Waals surface area contributed by atoms with Gasteiger partial charge in [0, 0.05) is 24.6 Å². The van der Waals surface area contributed by atoms with Crippen molar-refractivity contribution in [3.05, 3.63) is 20.8 Å². The first kappa shape index (κ1) is 22.4. The van der Waals surface area contributed by atoms with E-state index in [1.165, 1.54) is 22.2 Å². The Morgan fingerprint density at radius 1 is 1.28 bits per heavy atom. The highest BCUT2D eigenvalue weighted by Crippen LogP contribution is 2.37. The van der Waals surface area contributed by atoms with Crippen molar-refractivity contribution in [1.82, 2.24) is 14.5 Å². The molecule has 2 aromatic heterocycles. The normalized spacial score (nSPS) is 24.6. The van der Waals surface area contributed by atoms with Gasteiger partial charge in [-0.05, 0) is 50.5 Å². The molecule has 3 unspecified atom stereocenters. The summed E-state index contributed by atoms with van der Waals surface area (Å²) < 4.78 is 13.0. The van der Waals surface area contributed by atoms with E-state index in [1.54, 1.807) is 15.9 Å². The third-order valence-electron chi connectivity index (χ3n) is 6.74. The molecule has 2 aliphatic heterocycles. The second-order valence-corrected chi connectivity index (χ2v) is 11.6. The highest BCUT2D eigenvalue weighted by atomic mass is 32.2. The Labute approximate surface area is 196 Å². The largest absolute Gasteiger partial charge is 0.378 e. The van der Waals surface area contributed by atoms with Gasteiger partial charge in [-0.15, -0.1) is 11.3 Å². The van der Waals surface area contributed by atoms with Gasteiger partial charge in [-0.3, -0.25) is 14.2 Å². The molecular weight excluding hydrogens is 446 g/mol. The maximum atomic E-state index is 13.8. The van der Waals surface area contributed by atoms with Crippen LogP contribution in [0.5, 0.6) is 0 Å². The van der Waals surface area contributed by atoms with Crippen LogP contribution < -0.4 is 5.56 Å². The van der Waals surface area contributed by atoms with Crippen LogP contribution in [0.25, 0.3) is 10.2 Å². The van der Waals surface area contributed by atoms with Crippen molar-refractivity contribution in [3.8, 4) is 0 Å². The van der Waals surface area contributed by atoms with Crippen LogP contribution in [0.1, 0.15) is 43.6 Å². The lowest BCUT2D eigenvalue weighted by atomic mass is 9.89. The summed E-state index contributed by atoms with van der Waals surface area (Å²) >= 11 is 3.07. The number of amides is 1. The fourth-order valence-electron chi connectivity index (χ4n) is 4.90. The molecule has 5 rings (SSSR count). The predicted molar refractivity (Wildman–Crippen MR) is 127 cm³/mol. The number of hydrogen-bond acceptors (Lipinski definition) is 7. The standard InChI is InChI=1S/C23H31N3O4S2/c1-14-5-6-17-18(12-14)32-20-19(17)22(28)26(13-16-4-3-9-30-16)23(24-20)31-15(2)21(27)25-7-10-29-11-8-25/h14-16H,3-13H2,1-2H3. The number of thiophene rings is 1. The summed E-state index contributed by atoms with van der Waals surface area (Å²) in [5.74, 6) is 0.722. The van der Waals surface area contributed by atoms with Crippen molar-refractivity contribution >= 4 is 39.2 Å². The van der Waals surface area contributed by atoms with Gasteiger partial charge in [0.15, 0.2) is 5.16 Å². The van der Waals surface area contributed by atoms with E-state index >= 15 is 0 Å². The Bertz CT molecular complexity index is 1050. The molecule has 3 atom stereocenters. The van der Waals surface area contributed by atoms with Crippen molar-refractivity contribution in [1.29, 1.82) is 0 Å². The fourth-order valence-corrected chi connectivity index (χ4v) is 7.32. The van der Waals surface area contributed by atoms with E-state index in [0.717, 1.165) is 48.9 Å². The number of aromatic nitrogens is 2. The highest BCUT2D eigenvalue weighted by Gasteiger charge is 2.29. The molecule has 0 saturated carbocycles. The van der Waals surface area contributed by atoms with Crippen LogP contribution in [0.3, 0.4) is 0 Å². The number of thioether (sulfide) groups is 1. The minimum absolute atomic E-state index is 0.0334. The maximum absolute atomic E-state index is 13.8.